The molecule has 0 bridgehead atoms. The molecule has 7 heteroatoms. The second kappa shape index (κ2) is 10.1. The first-order chi connectivity index (χ1) is 9.81. The summed E-state index contributed by atoms with van der Waals surface area (Å²) in [6, 6.07) is 4.18. The first-order valence-corrected chi connectivity index (χ1v) is 8.55. The monoisotopic (exact) mass is 436 g/mol. The molecular weight excluding hydrogens is 415 g/mol. The van der Waals surface area contributed by atoms with E-state index in [2.05, 4.69) is 57.4 Å². The molecule has 0 unspecified atom stereocenters. The van der Waals surface area contributed by atoms with Gasteiger partial charge in [-0.1, -0.05) is 13.0 Å². The predicted octanol–water partition coefficient (Wildman–Crippen LogP) is 3.64. The molecule has 2 heterocycles. The van der Waals surface area contributed by atoms with E-state index < -0.39 is 0 Å². The molecule has 0 spiro atoms. The number of thiazole rings is 1. The van der Waals surface area contributed by atoms with E-state index >= 15 is 0 Å². The Morgan fingerprint density at radius 1 is 1.29 bits per heavy atom. The van der Waals surface area contributed by atoms with Gasteiger partial charge in [0, 0.05) is 16.8 Å². The van der Waals surface area contributed by atoms with Crippen LogP contribution in [-0.2, 0) is 19.5 Å². The van der Waals surface area contributed by atoms with Crippen LogP contribution >= 0.6 is 46.7 Å². The van der Waals surface area contributed by atoms with E-state index in [9.17, 15) is 0 Å². The smallest absolute Gasteiger partial charge is 0.191 e. The van der Waals surface area contributed by atoms with Gasteiger partial charge in [0.1, 0.15) is 0 Å². The van der Waals surface area contributed by atoms with Gasteiger partial charge in [0.05, 0.1) is 23.8 Å². The van der Waals surface area contributed by atoms with Gasteiger partial charge in [-0.2, -0.15) is 0 Å². The second-order valence-corrected chi connectivity index (χ2v) is 6.19. The number of rotatable bonds is 6. The topological polar surface area (TPSA) is 49.3 Å². The lowest BCUT2D eigenvalue weighted by molar-refractivity contribution is 0.819. The third-order valence-electron chi connectivity index (χ3n) is 2.66. The van der Waals surface area contributed by atoms with Crippen molar-refractivity contribution >= 4 is 52.6 Å². The van der Waals surface area contributed by atoms with E-state index in [0.29, 0.717) is 6.54 Å². The fourth-order valence-electron chi connectivity index (χ4n) is 1.67. The van der Waals surface area contributed by atoms with E-state index in [-0.39, 0.29) is 24.0 Å². The fourth-order valence-corrected chi connectivity index (χ4v) is 3.05. The van der Waals surface area contributed by atoms with Crippen LogP contribution in [0.15, 0.2) is 27.9 Å². The average Bonchev–Trinajstić information content (AvgIpc) is 3.13. The summed E-state index contributed by atoms with van der Waals surface area (Å²) in [5.74, 6) is 0.840. The Hall–Kier alpha value is -0.670. The number of hydrogen-bond donors (Lipinski definition) is 2. The zero-order valence-electron chi connectivity index (χ0n) is 12.3. The lowest BCUT2D eigenvalue weighted by Gasteiger charge is -2.09. The highest BCUT2D eigenvalue weighted by Gasteiger charge is 2.02. The van der Waals surface area contributed by atoms with Crippen LogP contribution in [0.4, 0.5) is 0 Å². The van der Waals surface area contributed by atoms with Gasteiger partial charge in [-0.05, 0) is 24.8 Å². The summed E-state index contributed by atoms with van der Waals surface area (Å²) < 4.78 is 0. The molecule has 116 valence electrons. The Bertz CT molecular complexity index is 537. The molecule has 0 fully saturated rings. The summed E-state index contributed by atoms with van der Waals surface area (Å²) in [7, 11) is 0. The van der Waals surface area contributed by atoms with Crippen molar-refractivity contribution in [3.8, 4) is 0 Å². The van der Waals surface area contributed by atoms with Gasteiger partial charge in [-0.3, -0.25) is 0 Å². The lowest BCUT2D eigenvalue weighted by Crippen LogP contribution is -2.36. The van der Waals surface area contributed by atoms with Crippen molar-refractivity contribution in [2.45, 2.75) is 33.4 Å². The van der Waals surface area contributed by atoms with Gasteiger partial charge >= 0.3 is 0 Å². The van der Waals surface area contributed by atoms with E-state index in [1.54, 1.807) is 22.7 Å². The molecule has 0 aliphatic rings. The highest BCUT2D eigenvalue weighted by Crippen LogP contribution is 2.11. The van der Waals surface area contributed by atoms with Gasteiger partial charge < -0.3 is 10.6 Å². The molecule has 0 aliphatic heterocycles. The normalized spacial score (nSPS) is 11.0. The number of thiophene rings is 1. The third-order valence-corrected chi connectivity index (χ3v) is 4.57. The van der Waals surface area contributed by atoms with Gasteiger partial charge in [-0.15, -0.1) is 46.7 Å². The molecule has 2 aromatic rings. The van der Waals surface area contributed by atoms with Crippen molar-refractivity contribution in [2.75, 3.05) is 6.54 Å². The molecule has 0 saturated heterocycles. The Kier molecular flexibility index (Phi) is 8.86. The Labute approximate surface area is 151 Å². The maximum atomic E-state index is 4.57. The molecule has 2 aromatic heterocycles. The standard InChI is InChI=1S/C14H20N4S2.HI/c1-3-13-18-11(10-20-13)8-16-14(15-4-2)17-9-12-6-5-7-19-12;/h5-7,10H,3-4,8-9H2,1-2H3,(H2,15,16,17);1H. The maximum absolute atomic E-state index is 4.57. The number of aryl methyl sites for hydroxylation is 1. The predicted molar refractivity (Wildman–Crippen MR) is 103 cm³/mol. The summed E-state index contributed by atoms with van der Waals surface area (Å²) in [6.07, 6.45) is 0.991. The van der Waals surface area contributed by atoms with Gasteiger partial charge in [0.2, 0.25) is 0 Å². The quantitative estimate of drug-likeness (QED) is 0.413. The van der Waals surface area contributed by atoms with E-state index in [1.807, 2.05) is 0 Å². The van der Waals surface area contributed by atoms with Crippen LogP contribution in [0, 0.1) is 0 Å². The largest absolute Gasteiger partial charge is 0.357 e. The van der Waals surface area contributed by atoms with Crippen LogP contribution in [0.3, 0.4) is 0 Å². The minimum absolute atomic E-state index is 0. The Morgan fingerprint density at radius 2 is 2.14 bits per heavy atom. The number of aromatic nitrogens is 1. The van der Waals surface area contributed by atoms with Crippen LogP contribution in [0.1, 0.15) is 29.4 Å². The van der Waals surface area contributed by atoms with E-state index in [0.717, 1.165) is 31.2 Å². The maximum Gasteiger partial charge on any atom is 0.191 e. The molecule has 0 amide bonds. The second-order valence-electron chi connectivity index (χ2n) is 4.21. The molecule has 4 nitrogen and oxygen atoms in total. The highest BCUT2D eigenvalue weighted by molar-refractivity contribution is 14.0. The van der Waals surface area contributed by atoms with E-state index in [4.69, 9.17) is 0 Å². The number of nitrogens with one attached hydrogen (secondary N) is 2. The Morgan fingerprint density at radius 3 is 2.76 bits per heavy atom. The third kappa shape index (κ3) is 6.31. The average molecular weight is 436 g/mol. The first kappa shape index (κ1) is 18.4. The van der Waals surface area contributed by atoms with Crippen LogP contribution < -0.4 is 10.6 Å². The van der Waals surface area contributed by atoms with E-state index in [1.165, 1.54) is 9.88 Å². The first-order valence-electron chi connectivity index (χ1n) is 6.79. The SMILES string of the molecule is CCNC(=NCc1csc(CC)n1)NCc1cccs1.I. The molecule has 2 N–H and O–H groups in total. The molecule has 21 heavy (non-hydrogen) atoms. The molecule has 0 radical (unpaired) electrons. The van der Waals surface area contributed by atoms with Crippen LogP contribution in [0.5, 0.6) is 0 Å². The van der Waals surface area contributed by atoms with Crippen molar-refractivity contribution in [3.05, 3.63) is 38.5 Å². The van der Waals surface area contributed by atoms with Gasteiger partial charge in [0.15, 0.2) is 5.96 Å². The van der Waals surface area contributed by atoms with Crippen molar-refractivity contribution in [2.24, 2.45) is 4.99 Å². The van der Waals surface area contributed by atoms with Crippen molar-refractivity contribution in [3.63, 3.8) is 0 Å². The summed E-state index contributed by atoms with van der Waals surface area (Å²) in [6.45, 7) is 6.48. The summed E-state index contributed by atoms with van der Waals surface area (Å²) in [5.41, 5.74) is 1.04. The Balaban J connectivity index is 0.00000220. The molecule has 0 saturated carbocycles. The number of aliphatic imine (C=N–C) groups is 1. The van der Waals surface area contributed by atoms with Crippen LogP contribution in [0.2, 0.25) is 0 Å². The summed E-state index contributed by atoms with van der Waals surface area (Å²) >= 11 is 3.45. The summed E-state index contributed by atoms with van der Waals surface area (Å²) in [5, 5.41) is 11.9. The number of nitrogens with zero attached hydrogens (tertiary/aromatic N) is 2. The van der Waals surface area contributed by atoms with Crippen molar-refractivity contribution in [1.82, 2.24) is 15.6 Å². The number of hydrogen-bond acceptors (Lipinski definition) is 4. The highest BCUT2D eigenvalue weighted by atomic mass is 127. The van der Waals surface area contributed by atoms with Crippen LogP contribution in [-0.4, -0.2) is 17.5 Å². The molecule has 0 aromatic carbocycles. The number of halogens is 1. The minimum atomic E-state index is 0. The zero-order chi connectivity index (χ0) is 14.2. The molecule has 0 atom stereocenters. The van der Waals surface area contributed by atoms with Gasteiger partial charge in [-0.25, -0.2) is 9.98 Å². The summed E-state index contributed by atoms with van der Waals surface area (Å²) in [4.78, 5) is 10.4. The van der Waals surface area contributed by atoms with Crippen molar-refractivity contribution < 1.29 is 0 Å². The minimum Gasteiger partial charge on any atom is -0.357 e. The molecular formula is C14H21IN4S2. The van der Waals surface area contributed by atoms with Crippen molar-refractivity contribution in [1.29, 1.82) is 0 Å². The lowest BCUT2D eigenvalue weighted by atomic mass is 10.4. The van der Waals surface area contributed by atoms with Crippen LogP contribution in [0.25, 0.3) is 0 Å². The molecule has 0 aliphatic carbocycles. The number of guanidine groups is 1. The zero-order valence-corrected chi connectivity index (χ0v) is 16.2. The molecule has 2 rings (SSSR count). The van der Waals surface area contributed by atoms with Gasteiger partial charge in [0.25, 0.3) is 0 Å². The fraction of sp³-hybridized carbons (Fsp3) is 0.429.